The van der Waals surface area contributed by atoms with Gasteiger partial charge < -0.3 is 10.7 Å². The van der Waals surface area contributed by atoms with E-state index in [9.17, 15) is 4.79 Å². The van der Waals surface area contributed by atoms with Gasteiger partial charge in [-0.3, -0.25) is 4.57 Å². The van der Waals surface area contributed by atoms with E-state index in [2.05, 4.69) is 4.98 Å². The second-order valence-corrected chi connectivity index (χ2v) is 3.35. The van der Waals surface area contributed by atoms with Crippen LogP contribution in [0, 0.1) is 0 Å². The number of fused-ring (bicyclic) bond motifs is 1. The Balaban J connectivity index is 2.61. The van der Waals surface area contributed by atoms with Crippen LogP contribution in [0.4, 0.5) is 0 Å². The number of aromatic nitrogens is 2. The Bertz CT molecular complexity index is 350. The first-order valence-electron chi connectivity index (χ1n) is 4.23. The Hall–Kier alpha value is -1.03. The van der Waals surface area contributed by atoms with Crippen LogP contribution in [0.15, 0.2) is 4.79 Å². The summed E-state index contributed by atoms with van der Waals surface area (Å²) in [4.78, 5) is 14.0. The van der Waals surface area contributed by atoms with Crippen molar-refractivity contribution in [2.24, 2.45) is 12.8 Å². The molecule has 0 radical (unpaired) electrons. The Kier molecular flexibility index (Phi) is 1.58. The number of nitrogens with one attached hydrogen (secondary N) is 1. The Morgan fingerprint density at radius 1 is 1.67 bits per heavy atom. The van der Waals surface area contributed by atoms with Gasteiger partial charge in [-0.2, -0.15) is 0 Å². The molecule has 1 heterocycles. The van der Waals surface area contributed by atoms with Gasteiger partial charge in [-0.05, 0) is 19.3 Å². The molecule has 0 fully saturated rings. The molecule has 0 amide bonds. The van der Waals surface area contributed by atoms with Crippen molar-refractivity contribution in [1.82, 2.24) is 9.55 Å². The van der Waals surface area contributed by atoms with E-state index in [-0.39, 0.29) is 11.7 Å². The number of nitrogens with zero attached hydrogens (tertiary/aromatic N) is 1. The summed E-state index contributed by atoms with van der Waals surface area (Å²) in [6.45, 7) is 0. The summed E-state index contributed by atoms with van der Waals surface area (Å²) < 4.78 is 1.62. The molecule has 12 heavy (non-hydrogen) atoms. The molecule has 0 spiro atoms. The van der Waals surface area contributed by atoms with Crippen LogP contribution in [-0.4, -0.2) is 9.55 Å². The maximum absolute atomic E-state index is 11.2. The van der Waals surface area contributed by atoms with E-state index in [4.69, 9.17) is 5.73 Å². The van der Waals surface area contributed by atoms with Crippen LogP contribution >= 0.6 is 0 Å². The lowest BCUT2D eigenvalue weighted by molar-refractivity contribution is 0.535. The van der Waals surface area contributed by atoms with Crippen LogP contribution in [0.3, 0.4) is 0 Å². The topological polar surface area (TPSA) is 63.8 Å². The molecule has 1 aromatic heterocycles. The maximum atomic E-state index is 11.2. The fraction of sp³-hybridized carbons (Fsp3) is 0.625. The van der Waals surface area contributed by atoms with Gasteiger partial charge in [-0.15, -0.1) is 0 Å². The van der Waals surface area contributed by atoms with Gasteiger partial charge in [0.2, 0.25) is 0 Å². The van der Waals surface area contributed by atoms with Crippen LogP contribution in [0.2, 0.25) is 0 Å². The van der Waals surface area contributed by atoms with Gasteiger partial charge in [0, 0.05) is 18.8 Å². The lowest BCUT2D eigenvalue weighted by Crippen LogP contribution is -2.22. The Labute approximate surface area is 70.4 Å². The van der Waals surface area contributed by atoms with Crippen molar-refractivity contribution >= 4 is 0 Å². The molecule has 2 rings (SSSR count). The molecule has 0 aliphatic heterocycles. The number of hydrogen-bond acceptors (Lipinski definition) is 2. The minimum Gasteiger partial charge on any atom is -0.323 e. The van der Waals surface area contributed by atoms with Gasteiger partial charge in [-0.1, -0.05) is 0 Å². The molecule has 1 aromatic rings. The van der Waals surface area contributed by atoms with E-state index in [0.29, 0.717) is 0 Å². The number of hydrogen-bond donors (Lipinski definition) is 2. The third kappa shape index (κ3) is 0.914. The Morgan fingerprint density at radius 3 is 3.08 bits per heavy atom. The number of imidazole rings is 1. The number of aromatic amines is 1. The van der Waals surface area contributed by atoms with Gasteiger partial charge in [0.05, 0.1) is 5.69 Å². The molecular formula is C8H13N3O. The standard InChI is InChI=1S/C8H13N3O/c1-11-7-5(9)3-2-4-6(7)10-8(11)12/h5H,2-4,9H2,1H3,(H,10,12). The maximum Gasteiger partial charge on any atom is 0.325 e. The average Bonchev–Trinajstić information content (AvgIpc) is 2.29. The molecule has 1 atom stereocenters. The zero-order valence-electron chi connectivity index (χ0n) is 7.13. The van der Waals surface area contributed by atoms with Crippen molar-refractivity contribution in [2.75, 3.05) is 0 Å². The second-order valence-electron chi connectivity index (χ2n) is 3.35. The molecule has 1 aliphatic carbocycles. The first-order valence-corrected chi connectivity index (χ1v) is 4.23. The third-order valence-electron chi connectivity index (χ3n) is 2.53. The summed E-state index contributed by atoms with van der Waals surface area (Å²) in [5.41, 5.74) is 7.86. The normalized spacial score (nSPS) is 22.3. The summed E-state index contributed by atoms with van der Waals surface area (Å²) in [6.07, 6.45) is 3.02. The highest BCUT2D eigenvalue weighted by molar-refractivity contribution is 5.19. The molecule has 3 N–H and O–H groups in total. The van der Waals surface area contributed by atoms with E-state index in [1.807, 2.05) is 0 Å². The highest BCUT2D eigenvalue weighted by Gasteiger charge is 2.21. The smallest absolute Gasteiger partial charge is 0.323 e. The fourth-order valence-electron chi connectivity index (χ4n) is 1.89. The molecule has 1 aliphatic rings. The van der Waals surface area contributed by atoms with Crippen LogP contribution in [0.5, 0.6) is 0 Å². The van der Waals surface area contributed by atoms with E-state index < -0.39 is 0 Å². The average molecular weight is 167 g/mol. The SMILES string of the molecule is Cn1c2c([nH]c1=O)CCCC2N. The first-order chi connectivity index (χ1) is 5.70. The Morgan fingerprint density at radius 2 is 2.42 bits per heavy atom. The van der Waals surface area contributed by atoms with Gasteiger partial charge in [0.25, 0.3) is 0 Å². The second kappa shape index (κ2) is 2.48. The van der Waals surface area contributed by atoms with Crippen LogP contribution < -0.4 is 11.4 Å². The zero-order chi connectivity index (χ0) is 8.72. The molecule has 0 bridgehead atoms. The van der Waals surface area contributed by atoms with Crippen molar-refractivity contribution in [3.05, 3.63) is 21.9 Å². The van der Waals surface area contributed by atoms with E-state index in [1.165, 1.54) is 0 Å². The summed E-state index contributed by atoms with van der Waals surface area (Å²) in [5, 5.41) is 0. The fourth-order valence-corrected chi connectivity index (χ4v) is 1.89. The predicted molar refractivity (Wildman–Crippen MR) is 45.9 cm³/mol. The van der Waals surface area contributed by atoms with Crippen molar-refractivity contribution in [2.45, 2.75) is 25.3 Å². The minimum absolute atomic E-state index is 0.0395. The summed E-state index contributed by atoms with van der Waals surface area (Å²) >= 11 is 0. The quantitative estimate of drug-likeness (QED) is 0.573. The van der Waals surface area contributed by atoms with Crippen molar-refractivity contribution in [1.29, 1.82) is 0 Å². The number of H-pyrrole nitrogens is 1. The minimum atomic E-state index is -0.0441. The van der Waals surface area contributed by atoms with Crippen LogP contribution in [0.1, 0.15) is 30.3 Å². The molecule has 66 valence electrons. The lowest BCUT2D eigenvalue weighted by Gasteiger charge is -2.18. The molecule has 4 heteroatoms. The van der Waals surface area contributed by atoms with E-state index in [0.717, 1.165) is 30.7 Å². The van der Waals surface area contributed by atoms with Crippen molar-refractivity contribution < 1.29 is 0 Å². The molecule has 4 nitrogen and oxygen atoms in total. The summed E-state index contributed by atoms with van der Waals surface area (Å²) in [5.74, 6) is 0. The predicted octanol–water partition coefficient (Wildman–Crippen LogP) is 0.0495. The highest BCUT2D eigenvalue weighted by atomic mass is 16.1. The van der Waals surface area contributed by atoms with Gasteiger partial charge in [0.1, 0.15) is 0 Å². The van der Waals surface area contributed by atoms with Crippen molar-refractivity contribution in [3.63, 3.8) is 0 Å². The van der Waals surface area contributed by atoms with Gasteiger partial charge in [-0.25, -0.2) is 4.79 Å². The van der Waals surface area contributed by atoms with E-state index in [1.54, 1.807) is 11.6 Å². The van der Waals surface area contributed by atoms with Crippen LogP contribution in [-0.2, 0) is 13.5 Å². The molecular weight excluding hydrogens is 154 g/mol. The third-order valence-corrected chi connectivity index (χ3v) is 2.53. The largest absolute Gasteiger partial charge is 0.325 e. The molecule has 0 saturated heterocycles. The summed E-state index contributed by atoms with van der Waals surface area (Å²) in [7, 11) is 1.77. The van der Waals surface area contributed by atoms with Crippen LogP contribution in [0.25, 0.3) is 0 Å². The zero-order valence-corrected chi connectivity index (χ0v) is 7.13. The number of nitrogens with two attached hydrogens (primary N) is 1. The molecule has 0 aromatic carbocycles. The van der Waals surface area contributed by atoms with Gasteiger partial charge in [0.15, 0.2) is 0 Å². The lowest BCUT2D eigenvalue weighted by atomic mass is 9.97. The number of aryl methyl sites for hydroxylation is 1. The van der Waals surface area contributed by atoms with E-state index >= 15 is 0 Å². The van der Waals surface area contributed by atoms with Gasteiger partial charge >= 0.3 is 5.69 Å². The monoisotopic (exact) mass is 167 g/mol. The first kappa shape index (κ1) is 7.61. The molecule has 0 saturated carbocycles. The summed E-state index contributed by atoms with van der Waals surface area (Å²) in [6, 6.07) is 0.0395. The number of rotatable bonds is 0. The molecule has 1 unspecified atom stereocenters. The van der Waals surface area contributed by atoms with Crippen molar-refractivity contribution in [3.8, 4) is 0 Å². The highest BCUT2D eigenvalue weighted by Crippen LogP contribution is 2.24.